The van der Waals surface area contributed by atoms with Crippen molar-refractivity contribution in [1.29, 1.82) is 0 Å². The molecule has 1 atom stereocenters. The van der Waals surface area contributed by atoms with E-state index in [1.807, 2.05) is 30.3 Å². The van der Waals surface area contributed by atoms with Gasteiger partial charge in [-0.25, -0.2) is 8.42 Å². The van der Waals surface area contributed by atoms with E-state index in [0.29, 0.717) is 19.3 Å². The molecule has 5 heteroatoms. The van der Waals surface area contributed by atoms with Crippen molar-refractivity contribution in [1.82, 2.24) is 4.31 Å². The summed E-state index contributed by atoms with van der Waals surface area (Å²) in [5.74, 6) is 0. The molecule has 0 amide bonds. The first-order valence-corrected chi connectivity index (χ1v) is 7.34. The Morgan fingerprint density at radius 2 is 1.94 bits per heavy atom. The van der Waals surface area contributed by atoms with Crippen LogP contribution >= 0.6 is 0 Å². The Morgan fingerprint density at radius 1 is 1.22 bits per heavy atom. The molecular weight excluding hydrogens is 250 g/mol. The van der Waals surface area contributed by atoms with Gasteiger partial charge in [0.25, 0.3) is 0 Å². The van der Waals surface area contributed by atoms with Crippen LogP contribution in [-0.2, 0) is 14.8 Å². The first-order valence-electron chi connectivity index (χ1n) is 5.84. The molecule has 0 bridgehead atoms. The number of carbonyl (C=O) groups is 1. The highest BCUT2D eigenvalue weighted by Crippen LogP contribution is 2.20. The Bertz CT molecular complexity index is 537. The fourth-order valence-corrected chi connectivity index (χ4v) is 3.43. The lowest BCUT2D eigenvalue weighted by molar-refractivity contribution is -0.110. The summed E-state index contributed by atoms with van der Waals surface area (Å²) in [6.45, 7) is 0.421. The third kappa shape index (κ3) is 2.86. The van der Waals surface area contributed by atoms with E-state index in [4.69, 9.17) is 0 Å². The van der Waals surface area contributed by atoms with Gasteiger partial charge in [-0.3, -0.25) is 0 Å². The Balaban J connectivity index is 2.17. The topological polar surface area (TPSA) is 54.5 Å². The minimum absolute atomic E-state index is 0.421. The minimum atomic E-state index is -3.50. The van der Waals surface area contributed by atoms with Crippen LogP contribution in [0.3, 0.4) is 0 Å². The fraction of sp³-hybridized carbons (Fsp3) is 0.308. The lowest BCUT2D eigenvalue weighted by Gasteiger charge is -2.17. The average Bonchev–Trinajstić information content (AvgIpc) is 2.87. The molecule has 18 heavy (non-hydrogen) atoms. The molecule has 1 aliphatic rings. The van der Waals surface area contributed by atoms with Gasteiger partial charge in [-0.2, -0.15) is 4.31 Å². The predicted molar refractivity (Wildman–Crippen MR) is 70.2 cm³/mol. The Kier molecular flexibility index (Phi) is 3.93. The maximum atomic E-state index is 12.1. The van der Waals surface area contributed by atoms with Crippen molar-refractivity contribution < 1.29 is 13.2 Å². The molecule has 1 saturated heterocycles. The first kappa shape index (κ1) is 13.0. The number of nitrogens with zero attached hydrogens (tertiary/aromatic N) is 1. The van der Waals surface area contributed by atoms with E-state index in [-0.39, 0.29) is 0 Å². The molecule has 0 N–H and O–H groups in total. The van der Waals surface area contributed by atoms with Gasteiger partial charge in [0.2, 0.25) is 10.0 Å². The van der Waals surface area contributed by atoms with E-state index in [1.54, 1.807) is 6.08 Å². The van der Waals surface area contributed by atoms with Crippen molar-refractivity contribution >= 4 is 22.4 Å². The third-order valence-corrected chi connectivity index (χ3v) is 4.55. The molecule has 1 aromatic carbocycles. The lowest BCUT2D eigenvalue weighted by atomic mass is 10.2. The number of hydrogen-bond acceptors (Lipinski definition) is 3. The van der Waals surface area contributed by atoms with Crippen molar-refractivity contribution in [2.45, 2.75) is 18.9 Å². The van der Waals surface area contributed by atoms with Crippen LogP contribution in [0.5, 0.6) is 0 Å². The number of carbonyl (C=O) groups excluding carboxylic acids is 1. The molecule has 0 spiro atoms. The van der Waals surface area contributed by atoms with Gasteiger partial charge in [0.05, 0.1) is 6.04 Å². The smallest absolute Gasteiger partial charge is 0.236 e. The van der Waals surface area contributed by atoms with Crippen LogP contribution < -0.4 is 0 Å². The van der Waals surface area contributed by atoms with Gasteiger partial charge < -0.3 is 4.79 Å². The fourth-order valence-electron chi connectivity index (χ4n) is 2.02. The zero-order chi connectivity index (χ0) is 13.0. The van der Waals surface area contributed by atoms with Crippen LogP contribution in [0, 0.1) is 0 Å². The predicted octanol–water partition coefficient (Wildman–Crippen LogP) is 1.65. The number of rotatable bonds is 4. The normalized spacial score (nSPS) is 21.4. The molecule has 1 aliphatic heterocycles. The molecule has 4 nitrogen and oxygen atoms in total. The van der Waals surface area contributed by atoms with Crippen LogP contribution in [0.15, 0.2) is 35.7 Å². The second-order valence-corrected chi connectivity index (χ2v) is 5.99. The molecule has 1 unspecified atom stereocenters. The van der Waals surface area contributed by atoms with Crippen molar-refractivity contribution in [2.75, 3.05) is 6.54 Å². The van der Waals surface area contributed by atoms with Crippen LogP contribution in [0.2, 0.25) is 0 Å². The third-order valence-electron chi connectivity index (χ3n) is 2.96. The Hall–Kier alpha value is -1.46. The maximum absolute atomic E-state index is 12.1. The molecule has 0 radical (unpaired) electrons. The minimum Gasteiger partial charge on any atom is -0.302 e. The SMILES string of the molecule is O=CC1CCCN1S(=O)(=O)/C=C/c1ccccc1. The highest BCUT2D eigenvalue weighted by Gasteiger charge is 2.32. The quantitative estimate of drug-likeness (QED) is 0.778. The Morgan fingerprint density at radius 3 is 2.61 bits per heavy atom. The van der Waals surface area contributed by atoms with E-state index in [0.717, 1.165) is 12.0 Å². The van der Waals surface area contributed by atoms with Crippen molar-refractivity contribution in [3.63, 3.8) is 0 Å². The summed E-state index contributed by atoms with van der Waals surface area (Å²) >= 11 is 0. The second kappa shape index (κ2) is 5.46. The summed E-state index contributed by atoms with van der Waals surface area (Å²) in [5.41, 5.74) is 0.822. The van der Waals surface area contributed by atoms with Crippen molar-refractivity contribution in [3.8, 4) is 0 Å². The van der Waals surface area contributed by atoms with Crippen molar-refractivity contribution in [2.24, 2.45) is 0 Å². The van der Waals surface area contributed by atoms with E-state index in [1.165, 1.54) is 9.71 Å². The van der Waals surface area contributed by atoms with Gasteiger partial charge >= 0.3 is 0 Å². The molecule has 96 valence electrons. The summed E-state index contributed by atoms with van der Waals surface area (Å²) in [4.78, 5) is 10.8. The Labute approximate surface area is 107 Å². The van der Waals surface area contributed by atoms with Gasteiger partial charge in [0.15, 0.2) is 0 Å². The van der Waals surface area contributed by atoms with Crippen LogP contribution in [0.25, 0.3) is 6.08 Å². The van der Waals surface area contributed by atoms with E-state index in [2.05, 4.69) is 0 Å². The molecule has 0 aromatic heterocycles. The zero-order valence-corrected chi connectivity index (χ0v) is 10.7. The van der Waals surface area contributed by atoms with Gasteiger partial charge in [0, 0.05) is 12.0 Å². The van der Waals surface area contributed by atoms with Gasteiger partial charge in [-0.15, -0.1) is 0 Å². The molecule has 1 fully saturated rings. The average molecular weight is 265 g/mol. The summed E-state index contributed by atoms with van der Waals surface area (Å²) in [6, 6.07) is 8.71. The summed E-state index contributed by atoms with van der Waals surface area (Å²) in [6.07, 6.45) is 3.61. The van der Waals surface area contributed by atoms with Crippen LogP contribution in [0.1, 0.15) is 18.4 Å². The van der Waals surface area contributed by atoms with Gasteiger partial charge in [-0.1, -0.05) is 30.3 Å². The maximum Gasteiger partial charge on any atom is 0.236 e. The van der Waals surface area contributed by atoms with Crippen molar-refractivity contribution in [3.05, 3.63) is 41.3 Å². The number of benzene rings is 1. The highest BCUT2D eigenvalue weighted by molar-refractivity contribution is 7.92. The van der Waals surface area contributed by atoms with E-state index >= 15 is 0 Å². The molecule has 1 aromatic rings. The lowest BCUT2D eigenvalue weighted by Crippen LogP contribution is -2.34. The molecule has 1 heterocycles. The molecule has 0 aliphatic carbocycles. The molecular formula is C13H15NO3S. The van der Waals surface area contributed by atoms with Crippen LogP contribution in [0.4, 0.5) is 0 Å². The summed E-state index contributed by atoms with van der Waals surface area (Å²) < 4.78 is 25.4. The summed E-state index contributed by atoms with van der Waals surface area (Å²) in [7, 11) is -3.50. The van der Waals surface area contributed by atoms with Gasteiger partial charge in [0.1, 0.15) is 6.29 Å². The summed E-state index contributed by atoms with van der Waals surface area (Å²) in [5, 5.41) is 1.17. The van der Waals surface area contributed by atoms with E-state index in [9.17, 15) is 13.2 Å². The van der Waals surface area contributed by atoms with E-state index < -0.39 is 16.1 Å². The number of sulfonamides is 1. The molecule has 0 saturated carbocycles. The second-order valence-electron chi connectivity index (χ2n) is 4.21. The largest absolute Gasteiger partial charge is 0.302 e. The number of aldehydes is 1. The first-order chi connectivity index (χ1) is 8.63. The standard InChI is InChI=1S/C13H15NO3S/c15-11-13-7-4-9-14(13)18(16,17)10-8-12-5-2-1-3-6-12/h1-3,5-6,8,10-11,13H,4,7,9H2/b10-8+. The van der Waals surface area contributed by atoms with Gasteiger partial charge in [-0.05, 0) is 24.5 Å². The van der Waals surface area contributed by atoms with Crippen LogP contribution in [-0.4, -0.2) is 31.6 Å². The zero-order valence-electron chi connectivity index (χ0n) is 9.90. The highest BCUT2D eigenvalue weighted by atomic mass is 32.2. The molecule has 2 rings (SSSR count). The monoisotopic (exact) mass is 265 g/mol. The number of hydrogen-bond donors (Lipinski definition) is 0.